The predicted octanol–water partition coefficient (Wildman–Crippen LogP) is 2.04. The van der Waals surface area contributed by atoms with Crippen molar-refractivity contribution in [3.05, 3.63) is 34.7 Å². The van der Waals surface area contributed by atoms with Gasteiger partial charge in [-0.05, 0) is 29.8 Å². The molecule has 0 unspecified atom stereocenters. The normalized spacial score (nSPS) is 10.5. The largest absolute Gasteiger partial charge is 0.286 e. The summed E-state index contributed by atoms with van der Waals surface area (Å²) in [5.41, 5.74) is 2.10. The molecule has 0 atom stereocenters. The van der Waals surface area contributed by atoms with Crippen LogP contribution in [-0.2, 0) is 0 Å². The van der Waals surface area contributed by atoms with E-state index in [0.717, 1.165) is 21.7 Å². The fourth-order valence-corrected chi connectivity index (χ4v) is 1.61. The zero-order chi connectivity index (χ0) is 10.1. The van der Waals surface area contributed by atoms with Crippen LogP contribution < -0.4 is 0 Å². The van der Waals surface area contributed by atoms with Crippen molar-refractivity contribution in [2.24, 2.45) is 0 Å². The summed E-state index contributed by atoms with van der Waals surface area (Å²) >= 11 is 3.40. The van der Waals surface area contributed by atoms with Gasteiger partial charge >= 0.3 is 0 Å². The highest BCUT2D eigenvalue weighted by Gasteiger charge is 2.08. The minimum absolute atomic E-state index is 0.818. The lowest BCUT2D eigenvalue weighted by atomic mass is 10.4. The van der Waals surface area contributed by atoms with E-state index < -0.39 is 0 Å². The molecule has 4 nitrogen and oxygen atoms in total. The molecule has 0 aliphatic carbocycles. The predicted molar refractivity (Wildman–Crippen MR) is 56.3 cm³/mol. The van der Waals surface area contributed by atoms with E-state index in [1.54, 1.807) is 12.5 Å². The molecule has 0 fully saturated rings. The number of aryl methyl sites for hydroxylation is 1. The Morgan fingerprint density at radius 1 is 1.29 bits per heavy atom. The first-order valence-corrected chi connectivity index (χ1v) is 4.96. The highest BCUT2D eigenvalue weighted by Crippen LogP contribution is 2.19. The lowest BCUT2D eigenvalue weighted by Gasteiger charge is -2.05. The van der Waals surface area contributed by atoms with Crippen LogP contribution >= 0.6 is 15.9 Å². The number of nitrogens with zero attached hydrogens (tertiary/aromatic N) is 4. The second-order valence-electron chi connectivity index (χ2n) is 2.98. The summed E-state index contributed by atoms with van der Waals surface area (Å²) in [6.45, 7) is 3.98. The molecule has 2 rings (SSSR count). The van der Waals surface area contributed by atoms with Gasteiger partial charge < -0.3 is 0 Å². The molecule has 0 radical (unpaired) electrons. The van der Waals surface area contributed by atoms with Gasteiger partial charge in [0, 0.05) is 11.9 Å². The van der Waals surface area contributed by atoms with Crippen molar-refractivity contribution in [1.82, 2.24) is 19.5 Å². The van der Waals surface area contributed by atoms with Crippen molar-refractivity contribution >= 4 is 15.9 Å². The van der Waals surface area contributed by atoms with Crippen LogP contribution in [0.2, 0.25) is 0 Å². The van der Waals surface area contributed by atoms with Crippen molar-refractivity contribution < 1.29 is 0 Å². The van der Waals surface area contributed by atoms with Gasteiger partial charge in [0.2, 0.25) is 0 Å². The van der Waals surface area contributed by atoms with Gasteiger partial charge in [0.05, 0.1) is 10.2 Å². The van der Waals surface area contributed by atoms with Gasteiger partial charge in [-0.25, -0.2) is 15.0 Å². The van der Waals surface area contributed by atoms with Crippen molar-refractivity contribution in [2.75, 3.05) is 0 Å². The van der Waals surface area contributed by atoms with E-state index in [1.165, 1.54) is 6.33 Å². The van der Waals surface area contributed by atoms with Crippen LogP contribution in [0.25, 0.3) is 5.82 Å². The minimum atomic E-state index is 0.818. The van der Waals surface area contributed by atoms with Crippen LogP contribution in [0, 0.1) is 13.8 Å². The van der Waals surface area contributed by atoms with Crippen LogP contribution in [0.1, 0.15) is 11.4 Å². The Labute approximate surface area is 90.2 Å². The van der Waals surface area contributed by atoms with Gasteiger partial charge in [0.1, 0.15) is 12.7 Å². The van der Waals surface area contributed by atoms with Crippen molar-refractivity contribution in [2.45, 2.75) is 13.8 Å². The zero-order valence-corrected chi connectivity index (χ0v) is 9.48. The molecule has 0 spiro atoms. The Hall–Kier alpha value is -1.23. The maximum atomic E-state index is 4.22. The van der Waals surface area contributed by atoms with Gasteiger partial charge in [-0.3, -0.25) is 4.57 Å². The first-order chi connectivity index (χ1) is 6.70. The van der Waals surface area contributed by atoms with Crippen LogP contribution in [0.3, 0.4) is 0 Å². The first-order valence-electron chi connectivity index (χ1n) is 4.16. The number of aromatic nitrogens is 4. The third kappa shape index (κ3) is 1.43. The van der Waals surface area contributed by atoms with E-state index in [-0.39, 0.29) is 0 Å². The molecule has 0 saturated heterocycles. The van der Waals surface area contributed by atoms with Crippen molar-refractivity contribution in [1.29, 1.82) is 0 Å². The summed E-state index contributed by atoms with van der Waals surface area (Å²) < 4.78 is 2.79. The van der Waals surface area contributed by atoms with Crippen molar-refractivity contribution in [3.8, 4) is 5.82 Å². The van der Waals surface area contributed by atoms with Crippen LogP contribution in [0.15, 0.2) is 23.3 Å². The van der Waals surface area contributed by atoms with E-state index in [0.29, 0.717) is 0 Å². The van der Waals surface area contributed by atoms with Gasteiger partial charge in [0.25, 0.3) is 0 Å². The SMILES string of the molecule is Cc1ncn(-c2ncncc2Br)c1C. The second kappa shape index (κ2) is 3.49. The summed E-state index contributed by atoms with van der Waals surface area (Å²) in [4.78, 5) is 12.3. The van der Waals surface area contributed by atoms with Gasteiger partial charge in [-0.2, -0.15) is 0 Å². The van der Waals surface area contributed by atoms with E-state index in [1.807, 2.05) is 18.4 Å². The zero-order valence-electron chi connectivity index (χ0n) is 7.90. The Kier molecular flexibility index (Phi) is 2.33. The molecule has 72 valence electrons. The highest BCUT2D eigenvalue weighted by molar-refractivity contribution is 9.10. The molecule has 0 amide bonds. The average Bonchev–Trinajstić information content (AvgIpc) is 2.49. The smallest absolute Gasteiger partial charge is 0.155 e. The number of halogens is 1. The Balaban J connectivity index is 2.60. The molecule has 0 bridgehead atoms. The standard InChI is InChI=1S/C9H9BrN4/c1-6-7(2)14(5-13-6)9-8(10)3-11-4-12-9/h3-5H,1-2H3. The summed E-state index contributed by atoms with van der Waals surface area (Å²) in [7, 11) is 0. The maximum absolute atomic E-state index is 4.22. The Morgan fingerprint density at radius 2 is 2.07 bits per heavy atom. The van der Waals surface area contributed by atoms with Gasteiger partial charge in [-0.1, -0.05) is 0 Å². The van der Waals surface area contributed by atoms with E-state index in [9.17, 15) is 0 Å². The molecule has 5 heteroatoms. The highest BCUT2D eigenvalue weighted by atomic mass is 79.9. The third-order valence-electron chi connectivity index (χ3n) is 2.13. The molecule has 14 heavy (non-hydrogen) atoms. The molecule has 0 aliphatic heterocycles. The van der Waals surface area contributed by atoms with Crippen LogP contribution in [0.4, 0.5) is 0 Å². The summed E-state index contributed by atoms with van der Waals surface area (Å²) in [5, 5.41) is 0. The second-order valence-corrected chi connectivity index (χ2v) is 3.83. The lowest BCUT2D eigenvalue weighted by Crippen LogP contribution is -1.99. The fourth-order valence-electron chi connectivity index (χ4n) is 1.20. The van der Waals surface area contributed by atoms with E-state index in [2.05, 4.69) is 30.9 Å². The summed E-state index contributed by atoms with van der Waals surface area (Å²) in [6.07, 6.45) is 5.00. The number of hydrogen-bond donors (Lipinski definition) is 0. The molecule has 0 aromatic carbocycles. The molecule has 2 aromatic rings. The third-order valence-corrected chi connectivity index (χ3v) is 2.69. The summed E-state index contributed by atoms with van der Waals surface area (Å²) in [5.74, 6) is 0.818. The lowest BCUT2D eigenvalue weighted by molar-refractivity contribution is 0.925. The molecule has 0 aliphatic rings. The molecule has 2 aromatic heterocycles. The number of hydrogen-bond acceptors (Lipinski definition) is 3. The van der Waals surface area contributed by atoms with Gasteiger partial charge in [0.15, 0.2) is 5.82 Å². The molecule has 2 heterocycles. The van der Waals surface area contributed by atoms with Gasteiger partial charge in [-0.15, -0.1) is 0 Å². The number of imidazole rings is 1. The quantitative estimate of drug-likeness (QED) is 0.781. The van der Waals surface area contributed by atoms with Crippen molar-refractivity contribution in [3.63, 3.8) is 0 Å². The Morgan fingerprint density at radius 3 is 2.64 bits per heavy atom. The molecule has 0 N–H and O–H groups in total. The maximum Gasteiger partial charge on any atom is 0.155 e. The fraction of sp³-hybridized carbons (Fsp3) is 0.222. The van der Waals surface area contributed by atoms with Crippen LogP contribution in [-0.4, -0.2) is 19.5 Å². The molecular weight excluding hydrogens is 244 g/mol. The molecule has 0 saturated carbocycles. The monoisotopic (exact) mass is 252 g/mol. The number of rotatable bonds is 1. The summed E-state index contributed by atoms with van der Waals surface area (Å²) in [6, 6.07) is 0. The van der Waals surface area contributed by atoms with E-state index >= 15 is 0 Å². The van der Waals surface area contributed by atoms with E-state index in [4.69, 9.17) is 0 Å². The first kappa shape index (κ1) is 9.33. The Bertz CT molecular complexity index is 464. The molecular formula is C9H9BrN4. The topological polar surface area (TPSA) is 43.6 Å². The average molecular weight is 253 g/mol. The van der Waals surface area contributed by atoms with Crippen LogP contribution in [0.5, 0.6) is 0 Å². The minimum Gasteiger partial charge on any atom is -0.286 e.